The van der Waals surface area contributed by atoms with Crippen LogP contribution in [0.5, 0.6) is 6.01 Å². The lowest BCUT2D eigenvalue weighted by atomic mass is 9.93. The van der Waals surface area contributed by atoms with Crippen molar-refractivity contribution in [3.8, 4) is 6.01 Å². The third-order valence-corrected chi connectivity index (χ3v) is 4.98. The fourth-order valence-corrected chi connectivity index (χ4v) is 3.15. The zero-order valence-corrected chi connectivity index (χ0v) is 15.4. The zero-order valence-electron chi connectivity index (χ0n) is 13.9. The third-order valence-electron chi connectivity index (χ3n) is 4.24. The van der Waals surface area contributed by atoms with Crippen molar-refractivity contribution in [1.29, 1.82) is 0 Å². The van der Waals surface area contributed by atoms with E-state index in [1.165, 1.54) is 30.8 Å². The number of halogens is 2. The summed E-state index contributed by atoms with van der Waals surface area (Å²) in [7, 11) is 2.90. The molecule has 1 atom stereocenters. The topological polar surface area (TPSA) is 109 Å². The number of nitrogens with zero attached hydrogens (tertiary/aromatic N) is 2. The summed E-state index contributed by atoms with van der Waals surface area (Å²) in [4.78, 5) is 28.0. The van der Waals surface area contributed by atoms with Gasteiger partial charge in [0.25, 0.3) is 5.90 Å². The number of benzene rings is 1. The number of anilines is 1. The summed E-state index contributed by atoms with van der Waals surface area (Å²) in [5.74, 6) is -1.48. The van der Waals surface area contributed by atoms with Gasteiger partial charge in [-0.25, -0.2) is 4.79 Å². The number of carbonyl (C=O) groups is 1. The van der Waals surface area contributed by atoms with Gasteiger partial charge < -0.3 is 15.5 Å². The molecule has 0 spiro atoms. The van der Waals surface area contributed by atoms with Crippen LogP contribution in [0.25, 0.3) is 0 Å². The number of aromatic hydroxyl groups is 1. The van der Waals surface area contributed by atoms with Crippen LogP contribution in [-0.2, 0) is 18.9 Å². The maximum Gasteiger partial charge on any atom is 0.519 e. The van der Waals surface area contributed by atoms with E-state index in [1.54, 1.807) is 6.07 Å². The van der Waals surface area contributed by atoms with Gasteiger partial charge in [0.1, 0.15) is 14.1 Å². The Morgan fingerprint density at radius 2 is 2.04 bits per heavy atom. The number of fused-ring (bicyclic) bond motifs is 1. The minimum atomic E-state index is -0.953. The lowest BCUT2D eigenvalue weighted by Crippen LogP contribution is -2.75. The average Bonchev–Trinajstić information content (AvgIpc) is 2.60. The molecule has 1 aromatic heterocycles. The Morgan fingerprint density at radius 1 is 1.35 bits per heavy atom. The summed E-state index contributed by atoms with van der Waals surface area (Å²) in [5, 5.41) is 23.3. The van der Waals surface area contributed by atoms with Crippen LogP contribution in [0.15, 0.2) is 23.0 Å². The van der Waals surface area contributed by atoms with Crippen molar-refractivity contribution in [3.63, 3.8) is 0 Å². The van der Waals surface area contributed by atoms with Crippen LogP contribution in [0.1, 0.15) is 17.9 Å². The Morgan fingerprint density at radius 3 is 2.69 bits per heavy atom. The largest absolute Gasteiger partial charge is 0.519 e. The highest BCUT2D eigenvalue weighted by Gasteiger charge is 2.42. The lowest BCUT2D eigenvalue weighted by molar-refractivity contribution is -0.725. The molecule has 2 heterocycles. The van der Waals surface area contributed by atoms with Gasteiger partial charge in [0, 0.05) is 5.69 Å². The van der Waals surface area contributed by atoms with Gasteiger partial charge in [-0.05, 0) is 18.2 Å². The van der Waals surface area contributed by atoms with Crippen molar-refractivity contribution in [2.24, 2.45) is 14.1 Å². The Bertz CT molecular complexity index is 1020. The monoisotopic (exact) mass is 398 g/mol. The van der Waals surface area contributed by atoms with E-state index in [0.29, 0.717) is 10.7 Å². The standard InChI is InChI=1S/C16H14Cl2N4O4/c1-21-13-12(15(25)22(2)16(21)26)8(6-11(23)20-13)14(24)19-7-3-4-9(17)10(18)5-7/h3-5,8H,6H2,1-2H3,(H2,19,20,23,24,25)/p+2. The van der Waals surface area contributed by atoms with Crippen molar-refractivity contribution >= 4 is 46.5 Å². The molecule has 0 fully saturated rings. The second-order valence-electron chi connectivity index (χ2n) is 5.93. The Kier molecular flexibility index (Phi) is 4.64. The number of hydrogen-bond donors (Lipinski definition) is 4. The van der Waals surface area contributed by atoms with Gasteiger partial charge in [-0.2, -0.15) is 4.99 Å². The first-order valence-electron chi connectivity index (χ1n) is 7.60. The first kappa shape index (κ1) is 18.2. The van der Waals surface area contributed by atoms with Gasteiger partial charge in [0.15, 0.2) is 5.56 Å². The maximum absolute atomic E-state index is 12.8. The minimum Gasteiger partial charge on any atom is -0.475 e. The van der Waals surface area contributed by atoms with E-state index < -0.39 is 17.4 Å². The molecule has 1 unspecified atom stereocenters. The fourth-order valence-electron chi connectivity index (χ4n) is 2.85. The number of rotatable bonds is 2. The highest BCUT2D eigenvalue weighted by Crippen LogP contribution is 2.28. The van der Waals surface area contributed by atoms with Gasteiger partial charge >= 0.3 is 17.4 Å². The Labute approximate surface area is 157 Å². The molecule has 8 nitrogen and oxygen atoms in total. The SMILES string of the molecule is Cn1c(O)[n+](C)c2c(c1=O)C(C(=O)Nc1ccc(Cl)c(Cl)c1)CC(O)=[NH+]2. The summed E-state index contributed by atoms with van der Waals surface area (Å²) in [6.45, 7) is 0. The summed E-state index contributed by atoms with van der Waals surface area (Å²) in [6.07, 6.45) is -0.0832. The number of nitrogens with one attached hydrogen (secondary N) is 2. The number of hydrogen-bond acceptors (Lipinski definition) is 3. The third kappa shape index (κ3) is 3.02. The predicted molar refractivity (Wildman–Crippen MR) is 95.2 cm³/mol. The molecule has 1 amide bonds. The van der Waals surface area contributed by atoms with Crippen LogP contribution in [0.4, 0.5) is 11.5 Å². The lowest BCUT2D eigenvalue weighted by Gasteiger charge is -2.17. The van der Waals surface area contributed by atoms with Gasteiger partial charge in [-0.15, -0.1) is 9.13 Å². The predicted octanol–water partition coefficient (Wildman–Crippen LogP) is 0.0168. The smallest absolute Gasteiger partial charge is 0.475 e. The molecule has 1 aliphatic heterocycles. The van der Waals surface area contributed by atoms with Crippen molar-refractivity contribution in [1.82, 2.24) is 4.57 Å². The summed E-state index contributed by atoms with van der Waals surface area (Å²) in [6, 6.07) is 4.28. The quantitative estimate of drug-likeness (QED) is 0.534. The number of carbonyl (C=O) groups excluding carboxylic acids is 1. The van der Waals surface area contributed by atoms with E-state index in [4.69, 9.17) is 23.2 Å². The molecule has 1 aliphatic rings. The van der Waals surface area contributed by atoms with Crippen LogP contribution in [-0.4, -0.2) is 26.6 Å². The normalized spacial score (nSPS) is 16.0. The van der Waals surface area contributed by atoms with E-state index in [2.05, 4.69) is 10.3 Å². The molecule has 0 radical (unpaired) electrons. The highest BCUT2D eigenvalue weighted by atomic mass is 35.5. The highest BCUT2D eigenvalue weighted by molar-refractivity contribution is 6.42. The molecule has 0 aliphatic carbocycles. The van der Waals surface area contributed by atoms with E-state index in [1.807, 2.05) is 0 Å². The van der Waals surface area contributed by atoms with E-state index in [9.17, 15) is 19.8 Å². The van der Waals surface area contributed by atoms with Crippen LogP contribution < -0.4 is 20.4 Å². The van der Waals surface area contributed by atoms with Crippen LogP contribution in [0, 0.1) is 0 Å². The van der Waals surface area contributed by atoms with Gasteiger partial charge in [-0.3, -0.25) is 4.79 Å². The van der Waals surface area contributed by atoms with E-state index in [0.717, 1.165) is 4.57 Å². The summed E-state index contributed by atoms with van der Waals surface area (Å²) in [5.41, 5.74) is 0.0111. The maximum atomic E-state index is 12.8. The van der Waals surface area contributed by atoms with E-state index >= 15 is 0 Å². The molecule has 2 aromatic rings. The van der Waals surface area contributed by atoms with Crippen LogP contribution >= 0.6 is 23.2 Å². The molecular weight excluding hydrogens is 383 g/mol. The molecule has 10 heteroatoms. The van der Waals surface area contributed by atoms with Gasteiger partial charge in [0.05, 0.1) is 22.4 Å². The summed E-state index contributed by atoms with van der Waals surface area (Å²) >= 11 is 11.8. The molecule has 136 valence electrons. The minimum absolute atomic E-state index is 0.0832. The Hall–Kier alpha value is -2.58. The number of amides is 1. The fraction of sp³-hybridized carbons (Fsp3) is 0.250. The van der Waals surface area contributed by atoms with Crippen molar-refractivity contribution in [3.05, 3.63) is 44.2 Å². The summed E-state index contributed by atoms with van der Waals surface area (Å²) < 4.78 is 2.31. The van der Waals surface area contributed by atoms with E-state index in [-0.39, 0.29) is 34.7 Å². The Balaban J connectivity index is 2.05. The molecule has 3 rings (SSSR count). The molecule has 1 aromatic carbocycles. The molecule has 0 saturated heterocycles. The number of aliphatic hydroxyl groups is 1. The molecule has 26 heavy (non-hydrogen) atoms. The van der Waals surface area contributed by atoms with Gasteiger partial charge in [0.2, 0.25) is 5.91 Å². The van der Waals surface area contributed by atoms with Crippen molar-refractivity contribution in [2.75, 3.05) is 5.32 Å². The van der Waals surface area contributed by atoms with Gasteiger partial charge in [-0.1, -0.05) is 23.2 Å². The second kappa shape index (κ2) is 6.62. The molecule has 4 N–H and O–H groups in total. The van der Waals surface area contributed by atoms with Crippen LogP contribution in [0.2, 0.25) is 10.0 Å². The number of aliphatic hydroxyl groups excluding tert-OH is 1. The second-order valence-corrected chi connectivity index (χ2v) is 6.75. The zero-order chi connectivity index (χ0) is 19.2. The van der Waals surface area contributed by atoms with Crippen LogP contribution in [0.3, 0.4) is 0 Å². The molecule has 0 bridgehead atoms. The first-order chi connectivity index (χ1) is 12.2. The molecule has 0 saturated carbocycles. The van der Waals surface area contributed by atoms with Crippen molar-refractivity contribution < 1.29 is 24.6 Å². The number of aromatic nitrogens is 2. The van der Waals surface area contributed by atoms with Crippen molar-refractivity contribution in [2.45, 2.75) is 12.3 Å². The molecular formula is C16H16Cl2N4O4+2. The first-order valence-corrected chi connectivity index (χ1v) is 8.36. The average molecular weight is 399 g/mol.